The van der Waals surface area contributed by atoms with E-state index in [0.29, 0.717) is 39.3 Å². The van der Waals surface area contributed by atoms with E-state index in [1.807, 2.05) is 72.9 Å². The fourth-order valence-electron chi connectivity index (χ4n) is 9.42. The number of hydrogen-bond acceptors (Lipinski definition) is 7. The first-order valence-electron chi connectivity index (χ1n) is 23.1. The smallest absolute Gasteiger partial charge is 0.410 e. The predicted octanol–water partition coefficient (Wildman–Crippen LogP) is 10.9. The molecular weight excluding hydrogens is 893 g/mol. The summed E-state index contributed by atoms with van der Waals surface area (Å²) in [6, 6.07) is 39.3. The van der Waals surface area contributed by atoms with Crippen molar-refractivity contribution < 1.29 is 23.8 Å². The number of benzene rings is 4. The molecule has 9 nitrogen and oxygen atoms in total. The molecule has 0 aliphatic carbocycles. The highest BCUT2D eigenvalue weighted by Crippen LogP contribution is 2.47. The van der Waals surface area contributed by atoms with Crippen molar-refractivity contribution in [1.82, 2.24) is 14.5 Å². The molecule has 4 aromatic carbocycles. The maximum Gasteiger partial charge on any atom is 0.410 e. The molecule has 0 spiro atoms. The van der Waals surface area contributed by atoms with Gasteiger partial charge in [-0.1, -0.05) is 135 Å². The van der Waals surface area contributed by atoms with Crippen molar-refractivity contribution in [3.63, 3.8) is 0 Å². The fourth-order valence-corrected chi connectivity index (χ4v) is 13.5. The Morgan fingerprint density at radius 1 is 0.831 bits per heavy atom. The minimum atomic E-state index is -3.21. The van der Waals surface area contributed by atoms with Crippen molar-refractivity contribution in [2.45, 2.75) is 98.1 Å². The van der Waals surface area contributed by atoms with E-state index in [-0.39, 0.29) is 35.4 Å². The van der Waals surface area contributed by atoms with Gasteiger partial charge in [-0.25, -0.2) is 4.79 Å². The second-order valence-electron chi connectivity index (χ2n) is 19.2. The number of rotatable bonds is 18. The zero-order chi connectivity index (χ0) is 46.4. The van der Waals surface area contributed by atoms with Crippen LogP contribution in [0.4, 0.5) is 10.5 Å². The van der Waals surface area contributed by atoms with Gasteiger partial charge in [0.25, 0.3) is 8.32 Å². The summed E-state index contributed by atoms with van der Waals surface area (Å²) >= 11 is 3.85. The molecule has 0 saturated carbocycles. The molecule has 0 bridgehead atoms. The lowest BCUT2D eigenvalue weighted by Gasteiger charge is -2.43. The zero-order valence-corrected chi connectivity index (χ0v) is 42.1. The molecule has 1 N–H and O–H groups in total. The van der Waals surface area contributed by atoms with Crippen LogP contribution in [0.25, 0.3) is 22.2 Å². The number of ether oxygens (including phenoxy) is 3. The van der Waals surface area contributed by atoms with Crippen LogP contribution in [0.1, 0.15) is 84.2 Å². The maximum absolute atomic E-state index is 13.1. The van der Waals surface area contributed by atoms with Crippen LogP contribution in [0, 0.1) is 5.41 Å². The highest BCUT2D eigenvalue weighted by atomic mass is 79.9. The first-order chi connectivity index (χ1) is 31.1. The summed E-state index contributed by atoms with van der Waals surface area (Å²) in [6.07, 6.45) is 3.99. The van der Waals surface area contributed by atoms with E-state index in [0.717, 1.165) is 67.8 Å². The third kappa shape index (κ3) is 10.9. The lowest BCUT2D eigenvalue weighted by molar-refractivity contribution is 0.0735. The monoisotopic (exact) mass is 958 g/mol. The van der Waals surface area contributed by atoms with Crippen molar-refractivity contribution >= 4 is 57.3 Å². The summed E-state index contributed by atoms with van der Waals surface area (Å²) in [5.41, 5.74) is 7.20. The van der Waals surface area contributed by atoms with Gasteiger partial charge in [0.15, 0.2) is 0 Å². The van der Waals surface area contributed by atoms with Gasteiger partial charge in [-0.2, -0.15) is 0 Å². The molecule has 7 rings (SSSR count). The molecule has 1 aliphatic rings. The van der Waals surface area contributed by atoms with Crippen LogP contribution in [-0.2, 0) is 33.8 Å². The van der Waals surface area contributed by atoms with E-state index in [9.17, 15) is 9.59 Å². The van der Waals surface area contributed by atoms with Crippen LogP contribution < -0.4 is 15.3 Å². The molecule has 11 heteroatoms. The van der Waals surface area contributed by atoms with Crippen molar-refractivity contribution in [3.8, 4) is 11.3 Å². The van der Waals surface area contributed by atoms with Crippen molar-refractivity contribution in [2.75, 3.05) is 44.8 Å². The van der Waals surface area contributed by atoms with Crippen LogP contribution >= 0.6 is 15.9 Å². The molecule has 65 heavy (non-hydrogen) atoms. The number of piperazine rings is 1. The van der Waals surface area contributed by atoms with E-state index in [2.05, 4.69) is 122 Å². The van der Waals surface area contributed by atoms with Crippen LogP contribution in [0.5, 0.6) is 0 Å². The van der Waals surface area contributed by atoms with Crippen molar-refractivity contribution in [2.24, 2.45) is 5.41 Å². The minimum Gasteiger partial charge on any atom is -0.445 e. The Labute approximate surface area is 396 Å². The number of nitrogens with zero attached hydrogens (tertiary/aromatic N) is 4. The molecule has 1 atom stereocenters. The standard InChI is InChI=1S/C54H67BrN4O5Si/c1-39(2)63-33-32-59-49-25-24-42(55)34-46(49)48(36-53(4,5)26-27-54(6,7)65(61,44-20-14-10-15-21-44)45-22-16-11-17-23-45)51(59)47-35-43(37-56-50(47)40(3)62-8)57-28-30-58(31-29-57)52(60)64-38-41-18-12-9-13-19-41/h9-25,34-35,37,39-40,61H,26-33,36,38H2,1-8H3/t40-/m0/s1. The third-order valence-electron chi connectivity index (χ3n) is 13.3. The molecule has 344 valence electrons. The Balaban J connectivity index is 1.25. The molecule has 3 heterocycles. The lowest BCUT2D eigenvalue weighted by Crippen LogP contribution is -2.65. The average molecular weight is 960 g/mol. The number of aromatic nitrogens is 2. The van der Waals surface area contributed by atoms with Crippen molar-refractivity contribution in [1.29, 1.82) is 0 Å². The highest BCUT2D eigenvalue weighted by molar-refractivity contribution is 9.10. The van der Waals surface area contributed by atoms with Gasteiger partial charge in [0, 0.05) is 60.8 Å². The Hall–Kier alpha value is -4.78. The van der Waals surface area contributed by atoms with E-state index >= 15 is 0 Å². The normalized spacial score (nSPS) is 14.3. The minimum absolute atomic E-state index is 0.0912. The molecule has 6 aromatic rings. The Bertz CT molecular complexity index is 2470. The Kier molecular flexibility index (Phi) is 15.4. The van der Waals surface area contributed by atoms with Crippen LogP contribution in [0.15, 0.2) is 126 Å². The fraction of sp³-hybridized carbons (Fsp3) is 0.407. The van der Waals surface area contributed by atoms with E-state index in [1.165, 1.54) is 10.9 Å². The second-order valence-corrected chi connectivity index (χ2v) is 24.1. The summed E-state index contributed by atoms with van der Waals surface area (Å²) in [4.78, 5) is 35.5. The maximum atomic E-state index is 13.1. The average Bonchev–Trinajstić information content (AvgIpc) is 3.60. The summed E-state index contributed by atoms with van der Waals surface area (Å²) in [7, 11) is -1.47. The lowest BCUT2D eigenvalue weighted by atomic mass is 9.78. The summed E-state index contributed by atoms with van der Waals surface area (Å²) in [5.74, 6) is 0. The molecule has 1 aliphatic heterocycles. The number of pyridine rings is 1. The SMILES string of the molecule is CO[C@@H](C)c1ncc(N2CCN(C(=O)OCc3ccccc3)CC2)cc1-c1c(CC(C)(C)CCC(C)(C)[Si](O)(c2ccccc2)c2ccccc2)c2cc(Br)ccc2n1CCOC(C)C. The number of anilines is 1. The van der Waals surface area contributed by atoms with Gasteiger partial charge in [0.05, 0.1) is 42.1 Å². The number of methoxy groups -OCH3 is 1. The number of carbonyl (C=O) groups excluding carboxylic acids is 1. The van der Waals surface area contributed by atoms with Crippen LogP contribution in [0.3, 0.4) is 0 Å². The molecule has 0 radical (unpaired) electrons. The third-order valence-corrected chi connectivity index (χ3v) is 18.4. The summed E-state index contributed by atoms with van der Waals surface area (Å²) < 4.78 is 21.5. The molecule has 1 fully saturated rings. The van der Waals surface area contributed by atoms with Gasteiger partial charge in [-0.15, -0.1) is 0 Å². The van der Waals surface area contributed by atoms with Gasteiger partial charge in [0.2, 0.25) is 0 Å². The number of fused-ring (bicyclic) bond motifs is 1. The first-order valence-corrected chi connectivity index (χ1v) is 25.9. The van der Waals surface area contributed by atoms with Gasteiger partial charge in [-0.3, -0.25) is 4.98 Å². The van der Waals surface area contributed by atoms with Crippen LogP contribution in [0.2, 0.25) is 5.04 Å². The molecule has 1 saturated heterocycles. The van der Waals surface area contributed by atoms with E-state index in [1.54, 1.807) is 12.0 Å². The largest absolute Gasteiger partial charge is 0.445 e. The number of carbonyl (C=O) groups is 1. The Morgan fingerprint density at radius 2 is 1.45 bits per heavy atom. The molecule has 2 aromatic heterocycles. The zero-order valence-electron chi connectivity index (χ0n) is 39.5. The topological polar surface area (TPSA) is 89.3 Å². The number of halogens is 1. The predicted molar refractivity (Wildman–Crippen MR) is 271 cm³/mol. The van der Waals surface area contributed by atoms with Gasteiger partial charge < -0.3 is 33.4 Å². The molecule has 0 unspecified atom stereocenters. The summed E-state index contributed by atoms with van der Waals surface area (Å²) in [5, 5.41) is 2.87. The first kappa shape index (κ1) is 48.2. The van der Waals surface area contributed by atoms with Crippen molar-refractivity contribution in [3.05, 3.63) is 143 Å². The summed E-state index contributed by atoms with van der Waals surface area (Å²) in [6.45, 7) is 19.3. The highest BCUT2D eigenvalue weighted by Gasteiger charge is 2.50. The Morgan fingerprint density at radius 3 is 2.05 bits per heavy atom. The molecule has 1 amide bonds. The quantitative estimate of drug-likeness (QED) is 0.0859. The van der Waals surface area contributed by atoms with Gasteiger partial charge in [0.1, 0.15) is 6.61 Å². The van der Waals surface area contributed by atoms with Gasteiger partial charge >= 0.3 is 6.09 Å². The van der Waals surface area contributed by atoms with E-state index < -0.39 is 8.32 Å². The van der Waals surface area contributed by atoms with E-state index in [4.69, 9.17) is 19.2 Å². The second kappa shape index (κ2) is 20.8. The molecular formula is C54H67BrN4O5Si. The number of hydrogen-bond donors (Lipinski definition) is 1. The number of amides is 1. The van der Waals surface area contributed by atoms with Crippen LogP contribution in [-0.4, -0.2) is 79.7 Å². The van der Waals surface area contributed by atoms with Gasteiger partial charge in [-0.05, 0) is 96.3 Å².